The number of nitrogens with one attached hydrogen (secondary N) is 1. The third-order valence-electron chi connectivity index (χ3n) is 4.12. The monoisotopic (exact) mass is 344 g/mol. The van der Waals surface area contributed by atoms with E-state index in [1.165, 1.54) is 5.56 Å². The van der Waals surface area contributed by atoms with Crippen molar-refractivity contribution in [2.75, 3.05) is 6.54 Å². The van der Waals surface area contributed by atoms with Crippen molar-refractivity contribution >= 4 is 5.91 Å². The van der Waals surface area contributed by atoms with Crippen LogP contribution in [0.25, 0.3) is 0 Å². The molecule has 1 unspecified atom stereocenters. The van der Waals surface area contributed by atoms with Gasteiger partial charge in [0.15, 0.2) is 5.82 Å². The SMILES string of the molecule is CC(C)c1ccc(C(N)CNC(=O)CCc2nc(C(C)C)no2)cc1. The molecule has 0 aliphatic rings. The molecule has 0 saturated carbocycles. The van der Waals surface area contributed by atoms with Crippen molar-refractivity contribution in [1.82, 2.24) is 15.5 Å². The molecular formula is C19H28N4O2. The number of hydrogen-bond donors (Lipinski definition) is 2. The lowest BCUT2D eigenvalue weighted by atomic mass is 9.99. The molecule has 0 spiro atoms. The minimum absolute atomic E-state index is 0.0708. The fraction of sp³-hybridized carbons (Fsp3) is 0.526. The van der Waals surface area contributed by atoms with Crippen molar-refractivity contribution < 1.29 is 9.32 Å². The standard InChI is InChI=1S/C19H28N4O2/c1-12(2)14-5-7-15(8-6-14)16(20)11-21-17(24)9-10-18-22-19(13(3)4)23-25-18/h5-8,12-13,16H,9-11,20H2,1-4H3,(H,21,24). The van der Waals surface area contributed by atoms with Crippen LogP contribution in [0, 0.1) is 0 Å². The molecule has 0 saturated heterocycles. The van der Waals surface area contributed by atoms with E-state index in [0.717, 1.165) is 5.56 Å². The molecule has 0 aliphatic heterocycles. The normalized spacial score (nSPS) is 12.6. The summed E-state index contributed by atoms with van der Waals surface area (Å²) in [6.45, 7) is 8.71. The highest BCUT2D eigenvalue weighted by molar-refractivity contribution is 5.76. The Morgan fingerprint density at radius 1 is 1.12 bits per heavy atom. The number of rotatable bonds is 8. The summed E-state index contributed by atoms with van der Waals surface area (Å²) in [4.78, 5) is 16.2. The van der Waals surface area contributed by atoms with E-state index in [1.54, 1.807) is 0 Å². The van der Waals surface area contributed by atoms with Crippen LogP contribution in [0.15, 0.2) is 28.8 Å². The average Bonchev–Trinajstić information content (AvgIpc) is 3.07. The molecule has 1 heterocycles. The van der Waals surface area contributed by atoms with Gasteiger partial charge in [0.2, 0.25) is 11.8 Å². The third kappa shape index (κ3) is 5.67. The van der Waals surface area contributed by atoms with Gasteiger partial charge in [0.1, 0.15) is 0 Å². The molecular weight excluding hydrogens is 316 g/mol. The molecule has 2 rings (SSSR count). The smallest absolute Gasteiger partial charge is 0.227 e. The van der Waals surface area contributed by atoms with Crippen LogP contribution in [-0.4, -0.2) is 22.6 Å². The first kappa shape index (κ1) is 19.1. The Bertz CT molecular complexity index is 677. The summed E-state index contributed by atoms with van der Waals surface area (Å²) in [5.74, 6) is 1.80. The number of hydrogen-bond acceptors (Lipinski definition) is 5. The van der Waals surface area contributed by atoms with Crippen LogP contribution in [0.2, 0.25) is 0 Å². The second-order valence-electron chi connectivity index (χ2n) is 6.93. The highest BCUT2D eigenvalue weighted by Gasteiger charge is 2.13. The average molecular weight is 344 g/mol. The predicted molar refractivity (Wildman–Crippen MR) is 97.2 cm³/mol. The van der Waals surface area contributed by atoms with Gasteiger partial charge in [-0.1, -0.05) is 57.1 Å². The number of aryl methyl sites for hydroxylation is 1. The largest absolute Gasteiger partial charge is 0.354 e. The molecule has 1 amide bonds. The Kier molecular flexibility index (Phi) is 6.70. The summed E-state index contributed by atoms with van der Waals surface area (Å²) in [5, 5.41) is 6.75. The molecule has 0 radical (unpaired) electrons. The number of nitrogens with zero attached hydrogens (tertiary/aromatic N) is 2. The first-order chi connectivity index (χ1) is 11.9. The van der Waals surface area contributed by atoms with E-state index in [9.17, 15) is 4.79 Å². The van der Waals surface area contributed by atoms with Gasteiger partial charge in [-0.2, -0.15) is 4.98 Å². The second-order valence-corrected chi connectivity index (χ2v) is 6.93. The minimum atomic E-state index is -0.221. The molecule has 1 atom stereocenters. The number of carbonyl (C=O) groups is 1. The van der Waals surface area contributed by atoms with E-state index in [1.807, 2.05) is 26.0 Å². The van der Waals surface area contributed by atoms with Gasteiger partial charge in [-0.25, -0.2) is 0 Å². The molecule has 0 bridgehead atoms. The van der Waals surface area contributed by atoms with E-state index >= 15 is 0 Å². The van der Waals surface area contributed by atoms with Crippen molar-refractivity contribution in [2.24, 2.45) is 5.73 Å². The van der Waals surface area contributed by atoms with Gasteiger partial charge < -0.3 is 15.6 Å². The zero-order valence-corrected chi connectivity index (χ0v) is 15.5. The van der Waals surface area contributed by atoms with Crippen molar-refractivity contribution in [1.29, 1.82) is 0 Å². The summed E-state index contributed by atoms with van der Waals surface area (Å²) in [6.07, 6.45) is 0.739. The number of carbonyl (C=O) groups excluding carboxylic acids is 1. The molecule has 6 nitrogen and oxygen atoms in total. The first-order valence-electron chi connectivity index (χ1n) is 8.81. The van der Waals surface area contributed by atoms with Crippen LogP contribution in [-0.2, 0) is 11.2 Å². The quantitative estimate of drug-likeness (QED) is 0.767. The van der Waals surface area contributed by atoms with Crippen LogP contribution < -0.4 is 11.1 Å². The highest BCUT2D eigenvalue weighted by Crippen LogP contribution is 2.17. The van der Waals surface area contributed by atoms with Gasteiger partial charge in [-0.15, -0.1) is 0 Å². The van der Waals surface area contributed by atoms with Crippen molar-refractivity contribution in [2.45, 2.75) is 58.4 Å². The topological polar surface area (TPSA) is 94.0 Å². The Morgan fingerprint density at radius 3 is 2.32 bits per heavy atom. The third-order valence-corrected chi connectivity index (χ3v) is 4.12. The lowest BCUT2D eigenvalue weighted by Crippen LogP contribution is -2.32. The van der Waals surface area contributed by atoms with Crippen molar-refractivity contribution in [3.05, 3.63) is 47.1 Å². The number of benzene rings is 1. The maximum atomic E-state index is 12.0. The number of aromatic nitrogens is 2. The van der Waals surface area contributed by atoms with Crippen LogP contribution in [0.1, 0.15) is 74.8 Å². The van der Waals surface area contributed by atoms with E-state index in [-0.39, 0.29) is 17.9 Å². The highest BCUT2D eigenvalue weighted by atomic mass is 16.5. The van der Waals surface area contributed by atoms with Crippen LogP contribution in [0.3, 0.4) is 0 Å². The molecule has 3 N–H and O–H groups in total. The van der Waals surface area contributed by atoms with E-state index in [2.05, 4.69) is 41.4 Å². The van der Waals surface area contributed by atoms with Gasteiger partial charge in [0.05, 0.1) is 0 Å². The Labute approximate surface area is 149 Å². The van der Waals surface area contributed by atoms with Gasteiger partial charge in [0, 0.05) is 31.3 Å². The molecule has 6 heteroatoms. The first-order valence-corrected chi connectivity index (χ1v) is 8.81. The number of amides is 1. The molecule has 0 fully saturated rings. The van der Waals surface area contributed by atoms with E-state index < -0.39 is 0 Å². The summed E-state index contributed by atoms with van der Waals surface area (Å²) in [5.41, 5.74) is 8.45. The molecule has 136 valence electrons. The molecule has 2 aromatic rings. The second kappa shape index (κ2) is 8.76. The van der Waals surface area contributed by atoms with Crippen LogP contribution in [0.5, 0.6) is 0 Å². The number of nitrogens with two attached hydrogens (primary N) is 1. The Hall–Kier alpha value is -2.21. The lowest BCUT2D eigenvalue weighted by molar-refractivity contribution is -0.121. The van der Waals surface area contributed by atoms with Crippen LogP contribution in [0.4, 0.5) is 0 Å². The predicted octanol–water partition coefficient (Wildman–Crippen LogP) is 3.07. The van der Waals surface area contributed by atoms with Gasteiger partial charge in [-0.05, 0) is 17.0 Å². The molecule has 0 aliphatic carbocycles. The zero-order valence-electron chi connectivity index (χ0n) is 15.5. The van der Waals surface area contributed by atoms with Gasteiger partial charge >= 0.3 is 0 Å². The van der Waals surface area contributed by atoms with E-state index in [0.29, 0.717) is 37.0 Å². The summed E-state index contributed by atoms with van der Waals surface area (Å²) < 4.78 is 5.14. The lowest BCUT2D eigenvalue weighted by Gasteiger charge is -2.14. The van der Waals surface area contributed by atoms with Crippen molar-refractivity contribution in [3.63, 3.8) is 0 Å². The molecule has 1 aromatic heterocycles. The summed E-state index contributed by atoms with van der Waals surface area (Å²) in [7, 11) is 0. The van der Waals surface area contributed by atoms with Gasteiger partial charge in [0.25, 0.3) is 0 Å². The maximum Gasteiger partial charge on any atom is 0.227 e. The van der Waals surface area contributed by atoms with Crippen molar-refractivity contribution in [3.8, 4) is 0 Å². The Morgan fingerprint density at radius 2 is 1.76 bits per heavy atom. The maximum absolute atomic E-state index is 12.0. The minimum Gasteiger partial charge on any atom is -0.354 e. The van der Waals surface area contributed by atoms with Gasteiger partial charge in [-0.3, -0.25) is 4.79 Å². The van der Waals surface area contributed by atoms with E-state index in [4.69, 9.17) is 10.3 Å². The van der Waals surface area contributed by atoms with Crippen LogP contribution >= 0.6 is 0 Å². The molecule has 25 heavy (non-hydrogen) atoms. The Balaban J connectivity index is 1.76. The fourth-order valence-corrected chi connectivity index (χ4v) is 2.38. The fourth-order valence-electron chi connectivity index (χ4n) is 2.38. The zero-order chi connectivity index (χ0) is 18.4. The molecule has 1 aromatic carbocycles. The summed E-state index contributed by atoms with van der Waals surface area (Å²) >= 11 is 0. The summed E-state index contributed by atoms with van der Waals surface area (Å²) in [6, 6.07) is 8.00.